The van der Waals surface area contributed by atoms with Crippen molar-refractivity contribution in [1.29, 1.82) is 0 Å². The Morgan fingerprint density at radius 1 is 0.882 bits per heavy atom. The van der Waals surface area contributed by atoms with Crippen LogP contribution in [0.4, 0.5) is 0 Å². The van der Waals surface area contributed by atoms with Gasteiger partial charge in [-0.1, -0.05) is 36.4 Å². The molecule has 0 radical (unpaired) electrons. The quantitative estimate of drug-likeness (QED) is 0.598. The van der Waals surface area contributed by atoms with Gasteiger partial charge in [0.1, 0.15) is 6.26 Å². The molecule has 2 aromatic carbocycles. The molecule has 0 aliphatic rings. The summed E-state index contributed by atoms with van der Waals surface area (Å²) in [6, 6.07) is 21.3. The lowest BCUT2D eigenvalue weighted by Gasteiger charge is -2.00. The van der Waals surface area contributed by atoms with E-state index in [-0.39, 0.29) is 10.9 Å². The van der Waals surface area contributed by atoms with Crippen LogP contribution < -0.4 is 5.11 Å². The van der Waals surface area contributed by atoms with Gasteiger partial charge in [-0.15, -0.1) is 0 Å². The number of carboxylic acid groups (broad SMARTS) is 1. The number of rotatable bonds is 2. The summed E-state index contributed by atoms with van der Waals surface area (Å²) >= 11 is 0. The SMILES string of the molecule is C[S+](c1ccccc1)c1ccccc1.O=C[O-]. The Morgan fingerprint density at radius 2 is 1.18 bits per heavy atom. The van der Waals surface area contributed by atoms with E-state index in [2.05, 4.69) is 66.9 Å². The van der Waals surface area contributed by atoms with Crippen LogP contribution in [-0.2, 0) is 15.7 Å². The van der Waals surface area contributed by atoms with E-state index in [1.54, 1.807) is 0 Å². The van der Waals surface area contributed by atoms with Crippen molar-refractivity contribution in [2.24, 2.45) is 0 Å². The third-order valence-corrected chi connectivity index (χ3v) is 4.15. The normalized spacial score (nSPS) is 9.29. The van der Waals surface area contributed by atoms with Crippen LogP contribution in [0.15, 0.2) is 70.5 Å². The van der Waals surface area contributed by atoms with Crippen molar-refractivity contribution in [2.75, 3.05) is 6.26 Å². The fraction of sp³-hybridized carbons (Fsp3) is 0.0714. The summed E-state index contributed by atoms with van der Waals surface area (Å²) < 4.78 is 0. The van der Waals surface area contributed by atoms with Crippen LogP contribution in [0.2, 0.25) is 0 Å². The Hall–Kier alpha value is -1.74. The van der Waals surface area contributed by atoms with E-state index in [0.29, 0.717) is 0 Å². The van der Waals surface area contributed by atoms with Crippen molar-refractivity contribution in [3.63, 3.8) is 0 Å². The van der Waals surface area contributed by atoms with Gasteiger partial charge in [0, 0.05) is 6.47 Å². The number of carbonyl (C=O) groups is 1. The Morgan fingerprint density at radius 3 is 1.47 bits per heavy atom. The molecule has 17 heavy (non-hydrogen) atoms. The minimum Gasteiger partial charge on any atom is -0.554 e. The molecule has 0 saturated heterocycles. The molecule has 88 valence electrons. The highest BCUT2D eigenvalue weighted by molar-refractivity contribution is 7.96. The lowest BCUT2D eigenvalue weighted by atomic mass is 10.4. The van der Waals surface area contributed by atoms with Crippen molar-refractivity contribution < 1.29 is 9.90 Å². The highest BCUT2D eigenvalue weighted by atomic mass is 32.2. The summed E-state index contributed by atoms with van der Waals surface area (Å²) in [5.74, 6) is 0. The Kier molecular flexibility index (Phi) is 5.89. The summed E-state index contributed by atoms with van der Waals surface area (Å²) in [4.78, 5) is 11.1. The van der Waals surface area contributed by atoms with Crippen molar-refractivity contribution in [2.45, 2.75) is 9.79 Å². The predicted molar refractivity (Wildman–Crippen MR) is 68.8 cm³/mol. The van der Waals surface area contributed by atoms with Gasteiger partial charge in [-0.25, -0.2) is 0 Å². The lowest BCUT2D eigenvalue weighted by molar-refractivity contribution is -0.283. The first-order valence-corrected chi connectivity index (χ1v) is 6.74. The maximum atomic E-state index is 8.25. The largest absolute Gasteiger partial charge is 0.554 e. The minimum absolute atomic E-state index is 0.203. The topological polar surface area (TPSA) is 40.1 Å². The van der Waals surface area contributed by atoms with Gasteiger partial charge in [-0.05, 0) is 24.3 Å². The van der Waals surface area contributed by atoms with Gasteiger partial charge in [0.2, 0.25) is 0 Å². The number of hydrogen-bond acceptors (Lipinski definition) is 2. The van der Waals surface area contributed by atoms with Gasteiger partial charge in [-0.3, -0.25) is 0 Å². The molecule has 0 amide bonds. The van der Waals surface area contributed by atoms with E-state index in [1.807, 2.05) is 0 Å². The Bertz CT molecular complexity index is 389. The number of hydrogen-bond donors (Lipinski definition) is 0. The van der Waals surface area contributed by atoms with Crippen LogP contribution in [0.3, 0.4) is 0 Å². The first-order valence-electron chi connectivity index (χ1n) is 5.11. The van der Waals surface area contributed by atoms with Crippen molar-refractivity contribution in [1.82, 2.24) is 0 Å². The standard InChI is InChI=1S/C13H13S.CH2O2/c1-14(12-8-4-2-5-9-12)13-10-6-3-7-11-13;2-1-3/h2-11H,1H3;1H,(H,2,3)/q+1;/p-1. The first kappa shape index (κ1) is 13.3. The minimum atomic E-state index is -0.500. The van der Waals surface area contributed by atoms with Crippen LogP contribution in [0.25, 0.3) is 0 Å². The van der Waals surface area contributed by atoms with E-state index in [4.69, 9.17) is 9.90 Å². The molecule has 0 heterocycles. The summed E-state index contributed by atoms with van der Waals surface area (Å²) in [5, 5.41) is 8.25. The molecule has 2 nitrogen and oxygen atoms in total. The number of carbonyl (C=O) groups excluding carboxylic acids is 1. The average Bonchev–Trinajstić information content (AvgIpc) is 2.41. The molecule has 0 saturated carbocycles. The van der Waals surface area contributed by atoms with E-state index < -0.39 is 6.47 Å². The highest BCUT2D eigenvalue weighted by Crippen LogP contribution is 2.19. The summed E-state index contributed by atoms with van der Waals surface area (Å²) in [6.07, 6.45) is 2.27. The molecule has 3 heteroatoms. The fourth-order valence-corrected chi connectivity index (χ4v) is 2.79. The maximum absolute atomic E-state index is 8.25. The van der Waals surface area contributed by atoms with Crippen molar-refractivity contribution in [3.8, 4) is 0 Å². The van der Waals surface area contributed by atoms with Gasteiger partial charge in [0.25, 0.3) is 0 Å². The van der Waals surface area contributed by atoms with Crippen LogP contribution in [-0.4, -0.2) is 12.7 Å². The molecule has 0 aromatic heterocycles. The van der Waals surface area contributed by atoms with Crippen molar-refractivity contribution >= 4 is 17.4 Å². The monoisotopic (exact) mass is 246 g/mol. The summed E-state index contributed by atoms with van der Waals surface area (Å²) in [6.45, 7) is -0.500. The van der Waals surface area contributed by atoms with Gasteiger partial charge in [-0.2, -0.15) is 0 Å². The van der Waals surface area contributed by atoms with Crippen LogP contribution >= 0.6 is 0 Å². The van der Waals surface area contributed by atoms with Gasteiger partial charge < -0.3 is 9.90 Å². The molecule has 0 aliphatic heterocycles. The van der Waals surface area contributed by atoms with Crippen LogP contribution in [0.1, 0.15) is 0 Å². The van der Waals surface area contributed by atoms with Gasteiger partial charge in [0.15, 0.2) is 9.79 Å². The molecule has 0 atom stereocenters. The maximum Gasteiger partial charge on any atom is 0.160 e. The molecular formula is C14H14O2S. The summed E-state index contributed by atoms with van der Waals surface area (Å²) in [7, 11) is 0.203. The van der Waals surface area contributed by atoms with Crippen LogP contribution in [0.5, 0.6) is 0 Å². The predicted octanol–water partition coefficient (Wildman–Crippen LogP) is 1.72. The molecule has 0 unspecified atom stereocenters. The zero-order valence-electron chi connectivity index (χ0n) is 9.58. The lowest BCUT2D eigenvalue weighted by Crippen LogP contribution is -2.01. The van der Waals surface area contributed by atoms with E-state index in [9.17, 15) is 0 Å². The molecule has 2 aromatic rings. The third-order valence-electron chi connectivity index (χ3n) is 2.19. The molecule has 0 N–H and O–H groups in total. The fourth-order valence-electron chi connectivity index (χ4n) is 1.39. The molecule has 2 rings (SSSR count). The molecular weight excluding hydrogens is 232 g/mol. The smallest absolute Gasteiger partial charge is 0.160 e. The van der Waals surface area contributed by atoms with Gasteiger partial charge in [0.05, 0.1) is 10.9 Å². The van der Waals surface area contributed by atoms with Crippen LogP contribution in [0, 0.1) is 0 Å². The second-order valence-electron chi connectivity index (χ2n) is 3.23. The molecule has 0 aliphatic carbocycles. The summed E-state index contributed by atoms with van der Waals surface area (Å²) in [5.41, 5.74) is 0. The van der Waals surface area contributed by atoms with E-state index >= 15 is 0 Å². The zero-order valence-corrected chi connectivity index (χ0v) is 10.4. The molecule has 0 fully saturated rings. The third kappa shape index (κ3) is 4.33. The first-order chi connectivity index (χ1) is 8.29. The van der Waals surface area contributed by atoms with E-state index in [0.717, 1.165) is 0 Å². The molecule has 0 spiro atoms. The second-order valence-corrected chi connectivity index (χ2v) is 5.20. The Labute approximate surface area is 104 Å². The highest BCUT2D eigenvalue weighted by Gasteiger charge is 2.17. The number of benzene rings is 2. The average molecular weight is 246 g/mol. The second kappa shape index (κ2) is 7.52. The van der Waals surface area contributed by atoms with Crippen molar-refractivity contribution in [3.05, 3.63) is 60.7 Å². The molecule has 0 bridgehead atoms. The van der Waals surface area contributed by atoms with Gasteiger partial charge >= 0.3 is 0 Å². The Balaban J connectivity index is 0.000000437. The zero-order chi connectivity index (χ0) is 12.5. The van der Waals surface area contributed by atoms with E-state index in [1.165, 1.54) is 9.79 Å².